The molecule has 0 unspecified atom stereocenters. The number of amides is 1. The van der Waals surface area contributed by atoms with Gasteiger partial charge in [0.2, 0.25) is 0 Å². The first-order valence-electron chi connectivity index (χ1n) is 4.21. The standard InChI is InChI=1S/C8H13NO4/c1-5-2-6(10)4-9(3-5)7(11)8(12)13/h5-6,10H,2-4H2,1H3,(H,12,13)/t5-,6+/m1/s1. The predicted octanol–water partition coefficient (Wildman–Crippen LogP) is -0.700. The summed E-state index contributed by atoms with van der Waals surface area (Å²) in [6, 6.07) is 0. The van der Waals surface area contributed by atoms with Crippen molar-refractivity contribution < 1.29 is 19.8 Å². The number of rotatable bonds is 0. The lowest BCUT2D eigenvalue weighted by Crippen LogP contribution is -2.48. The molecule has 2 N–H and O–H groups in total. The number of carboxylic acids is 1. The Morgan fingerprint density at radius 2 is 2.00 bits per heavy atom. The van der Waals surface area contributed by atoms with Gasteiger partial charge in [0.15, 0.2) is 0 Å². The molecule has 1 fully saturated rings. The molecule has 1 heterocycles. The van der Waals surface area contributed by atoms with E-state index in [1.165, 1.54) is 4.90 Å². The Labute approximate surface area is 76.0 Å². The fourth-order valence-corrected chi connectivity index (χ4v) is 1.62. The van der Waals surface area contributed by atoms with Gasteiger partial charge in [-0.05, 0) is 12.3 Å². The third-order valence-electron chi connectivity index (χ3n) is 2.11. The van der Waals surface area contributed by atoms with Gasteiger partial charge >= 0.3 is 11.9 Å². The second kappa shape index (κ2) is 3.74. The Bertz CT molecular complexity index is 218. The maximum absolute atomic E-state index is 11.0. The molecule has 0 bridgehead atoms. The molecule has 0 aliphatic carbocycles. The molecule has 1 amide bonds. The Morgan fingerprint density at radius 1 is 1.38 bits per heavy atom. The SMILES string of the molecule is C[C@@H]1C[C@H](O)CN(C(=O)C(=O)O)C1. The summed E-state index contributed by atoms with van der Waals surface area (Å²) in [4.78, 5) is 22.5. The van der Waals surface area contributed by atoms with E-state index >= 15 is 0 Å². The minimum absolute atomic E-state index is 0.134. The Kier molecular flexibility index (Phi) is 2.87. The third kappa shape index (κ3) is 2.42. The number of hydrogen-bond donors (Lipinski definition) is 2. The molecule has 2 atom stereocenters. The minimum Gasteiger partial charge on any atom is -0.474 e. The number of likely N-dealkylation sites (tertiary alicyclic amines) is 1. The van der Waals surface area contributed by atoms with Gasteiger partial charge in [-0.15, -0.1) is 0 Å². The number of carbonyl (C=O) groups is 2. The number of carboxylic acid groups (broad SMARTS) is 1. The molecule has 5 heteroatoms. The molecule has 1 rings (SSSR count). The molecule has 0 radical (unpaired) electrons. The highest BCUT2D eigenvalue weighted by Crippen LogP contribution is 2.15. The lowest BCUT2D eigenvalue weighted by atomic mass is 9.98. The second-order valence-electron chi connectivity index (χ2n) is 3.51. The van der Waals surface area contributed by atoms with Crippen LogP contribution in [0.3, 0.4) is 0 Å². The normalized spacial score (nSPS) is 28.6. The molecule has 74 valence electrons. The summed E-state index contributed by atoms with van der Waals surface area (Å²) in [7, 11) is 0. The first kappa shape index (κ1) is 9.98. The maximum atomic E-state index is 11.0. The fourth-order valence-electron chi connectivity index (χ4n) is 1.62. The van der Waals surface area contributed by atoms with Gasteiger partial charge in [0.1, 0.15) is 0 Å². The first-order valence-corrected chi connectivity index (χ1v) is 4.21. The number of piperidine rings is 1. The van der Waals surface area contributed by atoms with E-state index < -0.39 is 18.0 Å². The molecule has 0 saturated carbocycles. The summed E-state index contributed by atoms with van der Waals surface area (Å²) in [5, 5.41) is 17.7. The molecular weight excluding hydrogens is 174 g/mol. The van der Waals surface area contributed by atoms with E-state index in [0.717, 1.165) is 0 Å². The van der Waals surface area contributed by atoms with E-state index in [9.17, 15) is 14.7 Å². The zero-order valence-electron chi connectivity index (χ0n) is 7.43. The van der Waals surface area contributed by atoms with E-state index in [0.29, 0.717) is 13.0 Å². The van der Waals surface area contributed by atoms with Crippen molar-refractivity contribution in [2.75, 3.05) is 13.1 Å². The van der Waals surface area contributed by atoms with Gasteiger partial charge in [-0.25, -0.2) is 4.79 Å². The molecule has 5 nitrogen and oxygen atoms in total. The van der Waals surface area contributed by atoms with Crippen molar-refractivity contribution in [1.82, 2.24) is 4.90 Å². The van der Waals surface area contributed by atoms with Gasteiger partial charge < -0.3 is 15.1 Å². The van der Waals surface area contributed by atoms with Gasteiger partial charge in [-0.2, -0.15) is 0 Å². The van der Waals surface area contributed by atoms with Crippen LogP contribution in [0.25, 0.3) is 0 Å². The number of hydrogen-bond acceptors (Lipinski definition) is 3. The second-order valence-corrected chi connectivity index (χ2v) is 3.51. The zero-order chi connectivity index (χ0) is 10.0. The topological polar surface area (TPSA) is 77.8 Å². The van der Waals surface area contributed by atoms with Gasteiger partial charge in [0.25, 0.3) is 0 Å². The van der Waals surface area contributed by atoms with Crippen molar-refractivity contribution in [3.8, 4) is 0 Å². The number of β-amino-alcohol motifs (C(OH)–C–C–N with tert-alkyl or cyclic N) is 1. The molecular formula is C8H13NO4. The lowest BCUT2D eigenvalue weighted by molar-refractivity contribution is -0.158. The van der Waals surface area contributed by atoms with Crippen LogP contribution in [0, 0.1) is 5.92 Å². The van der Waals surface area contributed by atoms with E-state index in [2.05, 4.69) is 0 Å². The quantitative estimate of drug-likeness (QED) is 0.491. The molecule has 1 saturated heterocycles. The number of aliphatic carboxylic acids is 1. The van der Waals surface area contributed by atoms with Gasteiger partial charge in [0.05, 0.1) is 6.10 Å². The maximum Gasteiger partial charge on any atom is 0.394 e. The van der Waals surface area contributed by atoms with Crippen LogP contribution in [0.2, 0.25) is 0 Å². The summed E-state index contributed by atoms with van der Waals surface area (Å²) in [5.74, 6) is -2.22. The van der Waals surface area contributed by atoms with Crippen molar-refractivity contribution in [2.45, 2.75) is 19.4 Å². The zero-order valence-corrected chi connectivity index (χ0v) is 7.43. The average Bonchev–Trinajstić information content (AvgIpc) is 2.01. The lowest BCUT2D eigenvalue weighted by Gasteiger charge is -2.32. The minimum atomic E-state index is -1.46. The first-order chi connectivity index (χ1) is 6.00. The molecule has 0 aromatic carbocycles. The number of nitrogens with zero attached hydrogens (tertiary/aromatic N) is 1. The molecule has 0 spiro atoms. The van der Waals surface area contributed by atoms with E-state index in [-0.39, 0.29) is 12.5 Å². The molecule has 1 aliphatic heterocycles. The van der Waals surface area contributed by atoms with Gasteiger partial charge in [0, 0.05) is 13.1 Å². The van der Waals surface area contributed by atoms with Crippen LogP contribution in [0.15, 0.2) is 0 Å². The van der Waals surface area contributed by atoms with Crippen LogP contribution in [0.1, 0.15) is 13.3 Å². The van der Waals surface area contributed by atoms with Crippen molar-refractivity contribution in [3.05, 3.63) is 0 Å². The van der Waals surface area contributed by atoms with Crippen LogP contribution in [0.5, 0.6) is 0 Å². The van der Waals surface area contributed by atoms with Gasteiger partial charge in [-0.3, -0.25) is 4.79 Å². The van der Waals surface area contributed by atoms with Crippen molar-refractivity contribution in [3.63, 3.8) is 0 Å². The summed E-state index contributed by atoms with van der Waals surface area (Å²) in [6.45, 7) is 2.43. The highest BCUT2D eigenvalue weighted by Gasteiger charge is 2.29. The summed E-state index contributed by atoms with van der Waals surface area (Å²) in [6.07, 6.45) is 0.0377. The van der Waals surface area contributed by atoms with Crippen molar-refractivity contribution in [1.29, 1.82) is 0 Å². The Hall–Kier alpha value is -1.10. The number of carbonyl (C=O) groups excluding carboxylic acids is 1. The van der Waals surface area contributed by atoms with Crippen LogP contribution < -0.4 is 0 Å². The smallest absolute Gasteiger partial charge is 0.394 e. The van der Waals surface area contributed by atoms with Crippen molar-refractivity contribution in [2.24, 2.45) is 5.92 Å². The van der Waals surface area contributed by atoms with Gasteiger partial charge in [-0.1, -0.05) is 6.92 Å². The molecule has 0 aromatic heterocycles. The fraction of sp³-hybridized carbons (Fsp3) is 0.750. The summed E-state index contributed by atoms with van der Waals surface area (Å²) in [5.41, 5.74) is 0. The monoisotopic (exact) mass is 187 g/mol. The summed E-state index contributed by atoms with van der Waals surface area (Å²) < 4.78 is 0. The van der Waals surface area contributed by atoms with Crippen LogP contribution >= 0.6 is 0 Å². The molecule has 0 aromatic rings. The van der Waals surface area contributed by atoms with E-state index in [4.69, 9.17) is 5.11 Å². The summed E-state index contributed by atoms with van der Waals surface area (Å²) >= 11 is 0. The van der Waals surface area contributed by atoms with E-state index in [1.807, 2.05) is 6.92 Å². The predicted molar refractivity (Wildman–Crippen MR) is 44.0 cm³/mol. The highest BCUT2D eigenvalue weighted by atomic mass is 16.4. The molecule has 1 aliphatic rings. The van der Waals surface area contributed by atoms with E-state index in [1.54, 1.807) is 0 Å². The average molecular weight is 187 g/mol. The largest absolute Gasteiger partial charge is 0.474 e. The highest BCUT2D eigenvalue weighted by molar-refractivity contribution is 6.31. The van der Waals surface area contributed by atoms with Crippen LogP contribution in [-0.2, 0) is 9.59 Å². The Morgan fingerprint density at radius 3 is 2.46 bits per heavy atom. The number of aliphatic hydroxyl groups excluding tert-OH is 1. The van der Waals surface area contributed by atoms with Crippen molar-refractivity contribution >= 4 is 11.9 Å². The molecule has 13 heavy (non-hydrogen) atoms. The Balaban J connectivity index is 2.60. The third-order valence-corrected chi connectivity index (χ3v) is 2.11. The van der Waals surface area contributed by atoms with Crippen LogP contribution in [0.4, 0.5) is 0 Å². The van der Waals surface area contributed by atoms with Crippen LogP contribution in [-0.4, -0.2) is 46.2 Å². The number of aliphatic hydroxyl groups is 1.